The van der Waals surface area contributed by atoms with Gasteiger partial charge in [-0.15, -0.1) is 0 Å². The van der Waals surface area contributed by atoms with Crippen molar-refractivity contribution in [1.82, 2.24) is 9.97 Å². The Morgan fingerprint density at radius 3 is 2.68 bits per heavy atom. The molecule has 0 aliphatic heterocycles. The third-order valence-electron chi connectivity index (χ3n) is 4.51. The fourth-order valence-electron chi connectivity index (χ4n) is 2.83. The van der Waals surface area contributed by atoms with Crippen molar-refractivity contribution in [1.29, 1.82) is 5.26 Å². The largest absolute Gasteiger partial charge is 0.366 e. The summed E-state index contributed by atoms with van der Waals surface area (Å²) in [6.45, 7) is 5.36. The van der Waals surface area contributed by atoms with E-state index in [4.69, 9.17) is 5.73 Å². The van der Waals surface area contributed by atoms with Gasteiger partial charge in [-0.2, -0.15) is 10.2 Å². The number of primary amides is 1. The molecule has 8 heteroatoms. The first-order chi connectivity index (χ1) is 14.9. The number of para-hydroxylation sites is 1. The van der Waals surface area contributed by atoms with Crippen molar-refractivity contribution in [3.63, 3.8) is 0 Å². The van der Waals surface area contributed by atoms with Crippen molar-refractivity contribution < 1.29 is 9.59 Å². The summed E-state index contributed by atoms with van der Waals surface area (Å²) in [5.41, 5.74) is 8.60. The average molecular weight is 412 g/mol. The van der Waals surface area contributed by atoms with Gasteiger partial charge in [0.2, 0.25) is 11.9 Å². The van der Waals surface area contributed by atoms with Crippen LogP contribution in [0, 0.1) is 18.3 Å². The van der Waals surface area contributed by atoms with Gasteiger partial charge in [-0.05, 0) is 42.8 Å². The molecule has 3 aromatic rings. The van der Waals surface area contributed by atoms with Crippen LogP contribution in [-0.2, 0) is 11.2 Å². The molecule has 0 saturated carbocycles. The Morgan fingerprint density at radius 1 is 1.19 bits per heavy atom. The minimum Gasteiger partial charge on any atom is -0.366 e. The predicted octanol–water partition coefficient (Wildman–Crippen LogP) is 3.54. The van der Waals surface area contributed by atoms with Crippen LogP contribution in [0.3, 0.4) is 0 Å². The lowest BCUT2D eigenvalue weighted by molar-refractivity contribution is -0.114. The Balaban J connectivity index is 1.92. The summed E-state index contributed by atoms with van der Waals surface area (Å²) in [7, 11) is 0. The third-order valence-corrected chi connectivity index (χ3v) is 4.51. The van der Waals surface area contributed by atoms with Crippen LogP contribution in [0.1, 0.15) is 27.0 Å². The molecule has 0 radical (unpaired) electrons. The van der Waals surface area contributed by atoms with Crippen LogP contribution in [0.25, 0.3) is 0 Å². The van der Waals surface area contributed by atoms with Crippen molar-refractivity contribution in [3.05, 3.63) is 83.6 Å². The second-order valence-electron chi connectivity index (χ2n) is 6.72. The van der Waals surface area contributed by atoms with Crippen LogP contribution in [0.15, 0.2) is 61.3 Å². The zero-order valence-electron chi connectivity index (χ0n) is 16.8. The number of carbonyl (C=O) groups is 2. The summed E-state index contributed by atoms with van der Waals surface area (Å²) in [5, 5.41) is 15.6. The monoisotopic (exact) mass is 412 g/mol. The summed E-state index contributed by atoms with van der Waals surface area (Å²) in [6.07, 6.45) is 3.13. The first kappa shape index (κ1) is 21.2. The predicted molar refractivity (Wildman–Crippen MR) is 118 cm³/mol. The lowest BCUT2D eigenvalue weighted by Gasteiger charge is -2.14. The highest BCUT2D eigenvalue weighted by Crippen LogP contribution is 2.25. The van der Waals surface area contributed by atoms with E-state index in [0.717, 1.165) is 16.8 Å². The van der Waals surface area contributed by atoms with E-state index in [9.17, 15) is 14.9 Å². The first-order valence-electron chi connectivity index (χ1n) is 9.36. The van der Waals surface area contributed by atoms with Crippen molar-refractivity contribution in [3.8, 4) is 6.07 Å². The number of hydrogen-bond donors (Lipinski definition) is 3. The number of aromatic nitrogens is 2. The number of nitrogens with two attached hydrogens (primary N) is 1. The number of allylic oxidation sites excluding steroid dienone is 1. The van der Waals surface area contributed by atoms with Gasteiger partial charge in [-0.3, -0.25) is 9.59 Å². The van der Waals surface area contributed by atoms with Crippen molar-refractivity contribution in [2.45, 2.75) is 13.3 Å². The molecule has 0 unspecified atom stereocenters. The molecule has 0 aliphatic rings. The molecular weight excluding hydrogens is 392 g/mol. The second kappa shape index (κ2) is 9.33. The molecule has 31 heavy (non-hydrogen) atoms. The fraction of sp³-hybridized carbons (Fsp3) is 0.0870. The van der Waals surface area contributed by atoms with E-state index in [2.05, 4.69) is 33.2 Å². The van der Waals surface area contributed by atoms with Crippen molar-refractivity contribution >= 4 is 34.8 Å². The SMILES string of the molecule is C=CC(=O)Cc1ccccc1Nc1nc(Nc2cc(C(N)=O)ccc2C#N)ncc1C. The molecule has 1 heterocycles. The fourth-order valence-corrected chi connectivity index (χ4v) is 2.83. The van der Waals surface area contributed by atoms with E-state index in [1.165, 1.54) is 24.3 Å². The summed E-state index contributed by atoms with van der Waals surface area (Å²) in [5.74, 6) is 0.0613. The number of anilines is 4. The molecule has 0 saturated heterocycles. The number of amides is 1. The standard InChI is InChI=1S/C23H20N6O2/c1-3-18(30)10-15-6-4-5-7-19(15)27-22-14(2)13-26-23(29-22)28-20-11-16(21(25)31)8-9-17(20)12-24/h3-9,11,13H,1,10H2,2H3,(H2,25,31)(H2,26,27,28,29). The summed E-state index contributed by atoms with van der Waals surface area (Å²) in [6, 6.07) is 13.9. The lowest BCUT2D eigenvalue weighted by atomic mass is 10.1. The topological polar surface area (TPSA) is 134 Å². The minimum atomic E-state index is -0.606. The van der Waals surface area contributed by atoms with Gasteiger partial charge in [0.1, 0.15) is 11.9 Å². The maximum absolute atomic E-state index is 11.8. The highest BCUT2D eigenvalue weighted by atomic mass is 16.1. The Kier molecular flexibility index (Phi) is 6.38. The number of rotatable bonds is 8. The van der Waals surface area contributed by atoms with Crippen LogP contribution in [0.4, 0.5) is 23.1 Å². The number of ketones is 1. The minimum absolute atomic E-state index is 0.0885. The Labute approximate surface area is 179 Å². The van der Waals surface area contributed by atoms with Crippen LogP contribution in [-0.4, -0.2) is 21.7 Å². The number of benzene rings is 2. The first-order valence-corrected chi connectivity index (χ1v) is 9.36. The van der Waals surface area contributed by atoms with Gasteiger partial charge in [-0.25, -0.2) is 4.98 Å². The molecular formula is C23H20N6O2. The maximum atomic E-state index is 11.8. The molecule has 2 aromatic carbocycles. The van der Waals surface area contributed by atoms with Crippen LogP contribution < -0.4 is 16.4 Å². The summed E-state index contributed by atoms with van der Waals surface area (Å²) in [4.78, 5) is 32.0. The number of aryl methyl sites for hydroxylation is 1. The molecule has 154 valence electrons. The molecule has 1 aromatic heterocycles. The number of hydrogen-bond acceptors (Lipinski definition) is 7. The van der Waals surface area contributed by atoms with Crippen LogP contribution >= 0.6 is 0 Å². The second-order valence-corrected chi connectivity index (χ2v) is 6.72. The Hall–Kier alpha value is -4.51. The molecule has 0 fully saturated rings. The van der Waals surface area contributed by atoms with Crippen LogP contribution in [0.2, 0.25) is 0 Å². The van der Waals surface area contributed by atoms with Gasteiger partial charge in [0, 0.05) is 29.4 Å². The molecule has 3 rings (SSSR count). The van der Waals surface area contributed by atoms with Crippen molar-refractivity contribution in [2.75, 3.05) is 10.6 Å². The van der Waals surface area contributed by atoms with Gasteiger partial charge in [0.05, 0.1) is 11.3 Å². The van der Waals surface area contributed by atoms with E-state index in [1.54, 1.807) is 6.20 Å². The molecule has 1 amide bonds. The molecule has 0 aliphatic carbocycles. The van der Waals surface area contributed by atoms with Gasteiger partial charge in [0.25, 0.3) is 0 Å². The van der Waals surface area contributed by atoms with E-state index in [1.807, 2.05) is 31.2 Å². The van der Waals surface area contributed by atoms with Gasteiger partial charge < -0.3 is 16.4 Å². The van der Waals surface area contributed by atoms with E-state index in [0.29, 0.717) is 17.1 Å². The molecule has 0 bridgehead atoms. The number of carbonyl (C=O) groups excluding carboxylic acids is 2. The van der Waals surface area contributed by atoms with Gasteiger partial charge >= 0.3 is 0 Å². The highest BCUT2D eigenvalue weighted by Gasteiger charge is 2.12. The normalized spacial score (nSPS) is 10.1. The number of nitrogens with one attached hydrogen (secondary N) is 2. The maximum Gasteiger partial charge on any atom is 0.248 e. The van der Waals surface area contributed by atoms with Gasteiger partial charge in [-0.1, -0.05) is 24.8 Å². The Bertz CT molecular complexity index is 1210. The molecule has 0 spiro atoms. The zero-order chi connectivity index (χ0) is 22.4. The van der Waals surface area contributed by atoms with Crippen LogP contribution in [0.5, 0.6) is 0 Å². The highest BCUT2D eigenvalue weighted by molar-refractivity contribution is 5.94. The number of nitriles is 1. The van der Waals surface area contributed by atoms with Gasteiger partial charge in [0.15, 0.2) is 5.78 Å². The molecule has 4 N–H and O–H groups in total. The molecule has 8 nitrogen and oxygen atoms in total. The van der Waals surface area contributed by atoms with Crippen molar-refractivity contribution in [2.24, 2.45) is 5.73 Å². The zero-order valence-corrected chi connectivity index (χ0v) is 16.8. The Morgan fingerprint density at radius 2 is 1.97 bits per heavy atom. The third kappa shape index (κ3) is 5.10. The van der Waals surface area contributed by atoms with E-state index < -0.39 is 5.91 Å². The average Bonchev–Trinajstić information content (AvgIpc) is 2.77. The molecule has 0 atom stereocenters. The smallest absolute Gasteiger partial charge is 0.248 e. The van der Waals surface area contributed by atoms with E-state index in [-0.39, 0.29) is 23.7 Å². The lowest BCUT2D eigenvalue weighted by Crippen LogP contribution is -2.12. The summed E-state index contributed by atoms with van der Waals surface area (Å²) < 4.78 is 0. The number of nitrogens with zero attached hydrogens (tertiary/aromatic N) is 3. The summed E-state index contributed by atoms with van der Waals surface area (Å²) >= 11 is 0. The quantitative estimate of drug-likeness (QED) is 0.482. The van der Waals surface area contributed by atoms with E-state index >= 15 is 0 Å².